The van der Waals surface area contributed by atoms with E-state index in [1.807, 2.05) is 0 Å². The molecule has 1 unspecified atom stereocenters. The number of hydrogen-bond donors (Lipinski definition) is 0. The van der Waals surface area contributed by atoms with Gasteiger partial charge in [0.25, 0.3) is 5.91 Å². The molecule has 0 spiro atoms. The number of likely N-dealkylation sites (N-methyl/N-ethyl adjacent to an activating group) is 1. The van der Waals surface area contributed by atoms with Crippen molar-refractivity contribution in [1.82, 2.24) is 9.80 Å². The van der Waals surface area contributed by atoms with E-state index < -0.39 is 0 Å². The highest BCUT2D eigenvalue weighted by Crippen LogP contribution is 2.17. The summed E-state index contributed by atoms with van der Waals surface area (Å²) in [7, 11) is 2.10. The Morgan fingerprint density at radius 1 is 1.27 bits per heavy atom. The minimum Gasteiger partial charge on any atom is -0.334 e. The molecule has 0 aromatic rings. The second kappa shape index (κ2) is 4.31. The summed E-state index contributed by atoms with van der Waals surface area (Å²) in [5, 5.41) is 0. The molecule has 0 saturated carbocycles. The molecule has 2 aliphatic rings. The van der Waals surface area contributed by atoms with E-state index in [-0.39, 0.29) is 11.7 Å². The van der Waals surface area contributed by atoms with Gasteiger partial charge in [0.1, 0.15) is 0 Å². The highest BCUT2D eigenvalue weighted by atomic mass is 16.2. The Kier molecular flexibility index (Phi) is 3.05. The molecule has 84 valence electrons. The minimum atomic E-state index is -0.269. The average Bonchev–Trinajstić information content (AvgIpc) is 2.53. The number of carbonyl (C=O) groups excluding carboxylic acids is 2. The summed E-state index contributed by atoms with van der Waals surface area (Å²) in [5.74, 6) is -0.484. The Morgan fingerprint density at radius 2 is 2.07 bits per heavy atom. The van der Waals surface area contributed by atoms with Gasteiger partial charge in [-0.15, -0.1) is 0 Å². The molecule has 1 amide bonds. The fraction of sp³-hybridized carbons (Fsp3) is 0.818. The van der Waals surface area contributed by atoms with Gasteiger partial charge in [-0.2, -0.15) is 0 Å². The van der Waals surface area contributed by atoms with E-state index in [0.717, 1.165) is 19.5 Å². The van der Waals surface area contributed by atoms with E-state index in [1.165, 1.54) is 12.8 Å². The lowest BCUT2D eigenvalue weighted by Crippen LogP contribution is -2.45. The monoisotopic (exact) mass is 210 g/mol. The number of piperidine rings is 1. The van der Waals surface area contributed by atoms with Crippen LogP contribution in [0.2, 0.25) is 0 Å². The van der Waals surface area contributed by atoms with E-state index >= 15 is 0 Å². The molecule has 0 N–H and O–H groups in total. The average molecular weight is 210 g/mol. The second-order valence-electron chi connectivity index (χ2n) is 4.55. The van der Waals surface area contributed by atoms with E-state index in [9.17, 15) is 9.59 Å². The molecular weight excluding hydrogens is 192 g/mol. The van der Waals surface area contributed by atoms with Crippen LogP contribution in [0.1, 0.15) is 25.7 Å². The number of nitrogens with zero attached hydrogens (tertiary/aromatic N) is 2. The van der Waals surface area contributed by atoms with Gasteiger partial charge < -0.3 is 9.80 Å². The summed E-state index contributed by atoms with van der Waals surface area (Å²) < 4.78 is 0. The Balaban J connectivity index is 1.91. The molecule has 0 aliphatic carbocycles. The SMILES string of the molecule is CN1CCCCC1CN1CCC(=O)C1=O. The number of rotatable bonds is 2. The molecule has 4 heteroatoms. The smallest absolute Gasteiger partial charge is 0.290 e. The van der Waals surface area contributed by atoms with Gasteiger partial charge in [-0.1, -0.05) is 6.42 Å². The van der Waals surface area contributed by atoms with Gasteiger partial charge in [-0.25, -0.2) is 0 Å². The molecular formula is C11H18N2O2. The molecule has 2 aliphatic heterocycles. The van der Waals surface area contributed by atoms with Crippen LogP contribution < -0.4 is 0 Å². The van der Waals surface area contributed by atoms with Crippen molar-refractivity contribution in [2.45, 2.75) is 31.7 Å². The number of hydrogen-bond acceptors (Lipinski definition) is 3. The first-order valence-corrected chi connectivity index (χ1v) is 5.71. The maximum absolute atomic E-state index is 11.4. The largest absolute Gasteiger partial charge is 0.334 e. The Labute approximate surface area is 90.2 Å². The molecule has 0 aromatic carbocycles. The molecule has 2 heterocycles. The predicted molar refractivity (Wildman–Crippen MR) is 56.5 cm³/mol. The van der Waals surface area contributed by atoms with Gasteiger partial charge in [0.05, 0.1) is 0 Å². The molecule has 2 rings (SSSR count). The highest BCUT2D eigenvalue weighted by Gasteiger charge is 2.32. The van der Waals surface area contributed by atoms with E-state index in [0.29, 0.717) is 19.0 Å². The van der Waals surface area contributed by atoms with Gasteiger partial charge >= 0.3 is 0 Å². The molecule has 15 heavy (non-hydrogen) atoms. The third kappa shape index (κ3) is 2.20. The van der Waals surface area contributed by atoms with Crippen LogP contribution in [-0.4, -0.2) is 54.2 Å². The van der Waals surface area contributed by atoms with Crippen molar-refractivity contribution < 1.29 is 9.59 Å². The lowest BCUT2D eigenvalue weighted by molar-refractivity contribution is -0.140. The summed E-state index contributed by atoms with van der Waals surface area (Å²) >= 11 is 0. The van der Waals surface area contributed by atoms with Gasteiger partial charge in [0.2, 0.25) is 5.78 Å². The first-order valence-electron chi connectivity index (χ1n) is 5.71. The number of Topliss-reactive ketones (excluding diaryl/α,β-unsaturated/α-hetero) is 1. The summed E-state index contributed by atoms with van der Waals surface area (Å²) in [6.45, 7) is 2.48. The van der Waals surface area contributed by atoms with Crippen molar-refractivity contribution in [2.24, 2.45) is 0 Å². The van der Waals surface area contributed by atoms with Crippen molar-refractivity contribution in [3.05, 3.63) is 0 Å². The summed E-state index contributed by atoms with van der Waals surface area (Å²) in [4.78, 5) is 26.6. The van der Waals surface area contributed by atoms with Crippen LogP contribution in [0.25, 0.3) is 0 Å². The van der Waals surface area contributed by atoms with Crippen LogP contribution >= 0.6 is 0 Å². The fourth-order valence-corrected chi connectivity index (χ4v) is 2.42. The number of ketones is 1. The van der Waals surface area contributed by atoms with Crippen molar-refractivity contribution in [3.8, 4) is 0 Å². The Hall–Kier alpha value is -0.900. The summed E-state index contributed by atoms with van der Waals surface area (Å²) in [6.07, 6.45) is 4.05. The van der Waals surface area contributed by atoms with Gasteiger partial charge in [-0.3, -0.25) is 9.59 Å². The number of amides is 1. The molecule has 1 atom stereocenters. The standard InChI is InChI=1S/C11H18N2O2/c1-12-6-3-2-4-9(12)8-13-7-5-10(14)11(13)15/h9H,2-8H2,1H3. The van der Waals surface area contributed by atoms with Gasteiger partial charge in [0, 0.05) is 25.6 Å². The zero-order valence-corrected chi connectivity index (χ0v) is 9.24. The number of likely N-dealkylation sites (tertiary alicyclic amines) is 2. The number of carbonyl (C=O) groups is 2. The molecule has 0 bridgehead atoms. The second-order valence-corrected chi connectivity index (χ2v) is 4.55. The molecule has 0 aromatic heterocycles. The quantitative estimate of drug-likeness (QED) is 0.614. The van der Waals surface area contributed by atoms with E-state index in [4.69, 9.17) is 0 Å². The molecule has 2 saturated heterocycles. The first-order chi connectivity index (χ1) is 7.18. The Bertz CT molecular complexity index is 278. The Morgan fingerprint density at radius 3 is 2.67 bits per heavy atom. The van der Waals surface area contributed by atoms with Crippen LogP contribution in [0.4, 0.5) is 0 Å². The van der Waals surface area contributed by atoms with Gasteiger partial charge in [0.15, 0.2) is 0 Å². The van der Waals surface area contributed by atoms with Crippen LogP contribution in [0.5, 0.6) is 0 Å². The summed E-state index contributed by atoms with van der Waals surface area (Å²) in [5.41, 5.74) is 0. The van der Waals surface area contributed by atoms with Crippen LogP contribution in [0.15, 0.2) is 0 Å². The maximum atomic E-state index is 11.4. The third-order valence-electron chi connectivity index (χ3n) is 3.49. The predicted octanol–water partition coefficient (Wildman–Crippen LogP) is 0.272. The molecule has 2 fully saturated rings. The first kappa shape index (κ1) is 10.6. The molecule has 0 radical (unpaired) electrons. The fourth-order valence-electron chi connectivity index (χ4n) is 2.42. The van der Waals surface area contributed by atoms with Crippen molar-refractivity contribution >= 4 is 11.7 Å². The zero-order valence-electron chi connectivity index (χ0n) is 9.24. The van der Waals surface area contributed by atoms with E-state index in [1.54, 1.807) is 4.90 Å². The van der Waals surface area contributed by atoms with Crippen LogP contribution in [0, 0.1) is 0 Å². The highest BCUT2D eigenvalue weighted by molar-refractivity contribution is 6.37. The molecule has 4 nitrogen and oxygen atoms in total. The van der Waals surface area contributed by atoms with E-state index in [2.05, 4.69) is 11.9 Å². The summed E-state index contributed by atoms with van der Waals surface area (Å²) in [6, 6.07) is 0.452. The minimum absolute atomic E-state index is 0.214. The van der Waals surface area contributed by atoms with Gasteiger partial charge in [-0.05, 0) is 26.4 Å². The lowest BCUT2D eigenvalue weighted by Gasteiger charge is -2.34. The zero-order chi connectivity index (χ0) is 10.8. The third-order valence-corrected chi connectivity index (χ3v) is 3.49. The normalized spacial score (nSPS) is 28.9. The van der Waals surface area contributed by atoms with Crippen molar-refractivity contribution in [3.63, 3.8) is 0 Å². The topological polar surface area (TPSA) is 40.6 Å². The van der Waals surface area contributed by atoms with Crippen LogP contribution in [-0.2, 0) is 9.59 Å². The maximum Gasteiger partial charge on any atom is 0.290 e. The lowest BCUT2D eigenvalue weighted by atomic mass is 10.0. The van der Waals surface area contributed by atoms with Crippen molar-refractivity contribution in [2.75, 3.05) is 26.7 Å². The van der Waals surface area contributed by atoms with Crippen molar-refractivity contribution in [1.29, 1.82) is 0 Å². The van der Waals surface area contributed by atoms with Crippen LogP contribution in [0.3, 0.4) is 0 Å².